The quantitative estimate of drug-likeness (QED) is 0.0603. The molecule has 0 saturated carbocycles. The van der Waals surface area contributed by atoms with Crippen LogP contribution in [0.15, 0.2) is 0 Å². The fraction of sp³-hybridized carbons (Fsp3) is 0.944. The Labute approximate surface area is 308 Å². The van der Waals surface area contributed by atoms with Crippen LogP contribution in [0.3, 0.4) is 0 Å². The Morgan fingerprint density at radius 1 is 0.600 bits per heavy atom. The molecule has 0 amide bonds. The Hall–Kier alpha value is -1.58. The molecule has 0 bridgehead atoms. The summed E-state index contributed by atoms with van der Waals surface area (Å²) in [5.74, 6) is -2.20. The summed E-state index contributed by atoms with van der Waals surface area (Å²) in [6, 6.07) is -4.59. The Morgan fingerprint density at radius 3 is 1.56 bits per heavy atom. The molecule has 0 spiro atoms. The molecule has 3 rings (SSSR count). The van der Waals surface area contributed by atoms with Crippen LogP contribution < -0.4 is 10.5 Å². The van der Waals surface area contributed by atoms with Crippen molar-refractivity contribution in [2.24, 2.45) is 5.73 Å². The Morgan fingerprint density at radius 2 is 1.09 bits per heavy atom. The molecular formula is C18H32N2O30S5. The minimum atomic E-state index is -5.82. The van der Waals surface area contributed by atoms with Crippen molar-refractivity contribution in [3.8, 4) is 0 Å². The number of carboxylic acids is 1. The van der Waals surface area contributed by atoms with Crippen LogP contribution in [-0.2, 0) is 97.1 Å². The molecule has 3 aliphatic heterocycles. The predicted octanol–water partition coefficient (Wildman–Crippen LogP) is -8.81. The summed E-state index contributed by atoms with van der Waals surface area (Å²) in [7, 11) is -27.4. The van der Waals surface area contributed by atoms with Gasteiger partial charge in [0.15, 0.2) is 31.1 Å². The van der Waals surface area contributed by atoms with E-state index in [2.05, 4.69) is 16.7 Å². The highest BCUT2D eigenvalue weighted by Gasteiger charge is 2.57. The third-order valence-corrected chi connectivity index (χ3v) is 9.64. The molecular weight excluding hydrogens is 885 g/mol. The standard InChI is InChI=1S/C18H32N2O30S5/c19-5-11(49-54(36,37)38)7(21)3(1-42-52(30,31)32)45-17(5)47-12-9(23)13(50-55(39,40)41)18(48-14(12)15(24)25)46-10-4(2-43-53(33,34)35)44-16(26)6(8(10)22)20-51(27,28)29/h3-14,16-18,20-23,26H,1-2,19H2,(H,24,25)(H,27,28,29)(H,30,31,32)(H,33,34,35)(H,36,37,38)(H,39,40,41)/t3-,4-,5-,6-,7-,8-,9+,10-,11-,12+,13-,14-,16-,17-,18-/m1/s1. The zero-order chi connectivity index (χ0) is 42.2. The number of hydrogen-bond donors (Lipinski definition) is 12. The van der Waals surface area contributed by atoms with Gasteiger partial charge in [-0.15, -0.1) is 0 Å². The van der Waals surface area contributed by atoms with Gasteiger partial charge in [0.25, 0.3) is 0 Å². The number of aliphatic carboxylic acids is 1. The fourth-order valence-corrected chi connectivity index (χ4v) is 7.36. The molecule has 37 heteroatoms. The molecule has 0 aromatic rings. The average molecular weight is 917 g/mol. The lowest BCUT2D eigenvalue weighted by Crippen LogP contribution is -2.69. The molecule has 0 radical (unpaired) electrons. The van der Waals surface area contributed by atoms with Crippen molar-refractivity contribution in [3.63, 3.8) is 0 Å². The monoisotopic (exact) mass is 916 g/mol. The number of rotatable bonds is 17. The van der Waals surface area contributed by atoms with Crippen LogP contribution in [0.4, 0.5) is 0 Å². The van der Waals surface area contributed by atoms with Gasteiger partial charge in [0.05, 0.1) is 19.3 Å². The number of carboxylic acid groups (broad SMARTS) is 1. The zero-order valence-corrected chi connectivity index (χ0v) is 30.4. The Bertz CT molecular complexity index is 1910. The van der Waals surface area contributed by atoms with Gasteiger partial charge in [-0.1, -0.05) is 0 Å². The molecule has 3 aliphatic rings. The van der Waals surface area contributed by atoms with Crippen molar-refractivity contribution >= 4 is 57.9 Å². The fourth-order valence-electron chi connectivity index (χ4n) is 5.14. The van der Waals surface area contributed by atoms with Gasteiger partial charge in [0.2, 0.25) is 0 Å². The topological polar surface area (TPSA) is 511 Å². The molecule has 0 aliphatic carbocycles. The van der Waals surface area contributed by atoms with E-state index in [1.807, 2.05) is 0 Å². The van der Waals surface area contributed by atoms with Crippen LogP contribution in [0.5, 0.6) is 0 Å². The van der Waals surface area contributed by atoms with Gasteiger partial charge in [0.1, 0.15) is 54.9 Å². The van der Waals surface area contributed by atoms with Gasteiger partial charge in [-0.2, -0.15) is 46.8 Å². The SMILES string of the molecule is N[C@H]1[C@@H](O[C@H]2[C@H](O)[C@@H](OS(=O)(=O)O)[C@H](O[C@H]3[C@H](O)[C@@H](NS(=O)(=O)O)[C@H](O)O[C@@H]3COS(=O)(=O)O)O[C@H]2C(=O)O)O[C@H](COS(=O)(=O)O)[C@@H](O)[C@@H]1OS(=O)(=O)O. The van der Waals surface area contributed by atoms with E-state index in [0.717, 1.165) is 0 Å². The maximum absolute atomic E-state index is 12.4. The lowest BCUT2D eigenvalue weighted by atomic mass is 9.95. The Balaban J connectivity index is 2.05. The number of ether oxygens (including phenoxy) is 5. The molecule has 32 nitrogen and oxygen atoms in total. The van der Waals surface area contributed by atoms with Crippen LogP contribution in [0.25, 0.3) is 0 Å². The summed E-state index contributed by atoms with van der Waals surface area (Å²) in [6.45, 7) is -2.87. The molecule has 3 heterocycles. The summed E-state index contributed by atoms with van der Waals surface area (Å²) >= 11 is 0. The van der Waals surface area contributed by atoms with Crippen molar-refractivity contribution in [1.82, 2.24) is 4.72 Å². The molecule has 0 unspecified atom stereocenters. The molecule has 55 heavy (non-hydrogen) atoms. The van der Waals surface area contributed by atoms with Crippen molar-refractivity contribution < 1.29 is 136 Å². The maximum Gasteiger partial charge on any atom is 0.397 e. The van der Waals surface area contributed by atoms with E-state index in [-0.39, 0.29) is 0 Å². The third-order valence-electron chi connectivity index (χ3n) is 7.27. The van der Waals surface area contributed by atoms with Gasteiger partial charge in [-0.05, 0) is 0 Å². The lowest BCUT2D eigenvalue weighted by molar-refractivity contribution is -0.356. The Kier molecular flexibility index (Phi) is 15.4. The van der Waals surface area contributed by atoms with Crippen LogP contribution >= 0.6 is 0 Å². The minimum absolute atomic E-state index is 1.28. The van der Waals surface area contributed by atoms with Gasteiger partial charge in [0, 0.05) is 0 Å². The molecule has 3 fully saturated rings. The number of nitrogens with two attached hydrogens (primary N) is 1. The van der Waals surface area contributed by atoms with E-state index in [4.69, 9.17) is 47.6 Å². The van der Waals surface area contributed by atoms with Gasteiger partial charge in [-0.3, -0.25) is 22.8 Å². The van der Waals surface area contributed by atoms with E-state index in [0.29, 0.717) is 0 Å². The van der Waals surface area contributed by atoms with Crippen LogP contribution in [0.2, 0.25) is 0 Å². The summed E-state index contributed by atoms with van der Waals surface area (Å²) in [6.07, 6.45) is -33.0. The van der Waals surface area contributed by atoms with E-state index in [1.165, 1.54) is 4.72 Å². The highest BCUT2D eigenvalue weighted by molar-refractivity contribution is 7.83. The molecule has 3 saturated heterocycles. The summed E-state index contributed by atoms with van der Waals surface area (Å²) < 4.78 is 203. The number of carbonyl (C=O) groups is 1. The van der Waals surface area contributed by atoms with Crippen LogP contribution in [-0.4, -0.2) is 202 Å². The van der Waals surface area contributed by atoms with E-state index >= 15 is 0 Å². The normalized spacial score (nSPS) is 38.4. The molecule has 13 N–H and O–H groups in total. The number of hydrogen-bond acceptors (Lipinski definition) is 25. The first kappa shape index (κ1) is 47.8. The maximum atomic E-state index is 12.4. The van der Waals surface area contributed by atoms with Crippen LogP contribution in [0, 0.1) is 0 Å². The average Bonchev–Trinajstić information content (AvgIpc) is 2.98. The van der Waals surface area contributed by atoms with E-state index < -0.39 is 163 Å². The second kappa shape index (κ2) is 17.7. The van der Waals surface area contributed by atoms with Gasteiger partial charge >= 0.3 is 57.9 Å². The van der Waals surface area contributed by atoms with Crippen molar-refractivity contribution in [1.29, 1.82) is 0 Å². The first-order chi connectivity index (χ1) is 24.8. The van der Waals surface area contributed by atoms with Gasteiger partial charge in [-0.25, -0.2) is 21.5 Å². The smallest absolute Gasteiger partial charge is 0.397 e. The molecule has 15 atom stereocenters. The third kappa shape index (κ3) is 14.0. The summed E-state index contributed by atoms with van der Waals surface area (Å²) in [4.78, 5) is 12.4. The van der Waals surface area contributed by atoms with Crippen LogP contribution in [0.1, 0.15) is 0 Å². The van der Waals surface area contributed by atoms with Crippen molar-refractivity contribution in [2.45, 2.75) is 92.0 Å². The lowest BCUT2D eigenvalue weighted by Gasteiger charge is -2.48. The second-order valence-corrected chi connectivity index (χ2v) is 16.6. The first-order valence-electron chi connectivity index (χ1n) is 14.0. The minimum Gasteiger partial charge on any atom is -0.479 e. The molecule has 0 aromatic carbocycles. The van der Waals surface area contributed by atoms with E-state index in [9.17, 15) is 77.0 Å². The largest absolute Gasteiger partial charge is 0.479 e. The second-order valence-electron chi connectivity index (χ2n) is 11.1. The highest BCUT2D eigenvalue weighted by Crippen LogP contribution is 2.35. The first-order valence-corrected chi connectivity index (χ1v) is 20.9. The number of aliphatic hydroxyl groups is 4. The van der Waals surface area contributed by atoms with E-state index in [1.54, 1.807) is 0 Å². The summed E-state index contributed by atoms with van der Waals surface area (Å²) in [5, 5.41) is 52.7. The number of aliphatic hydroxyl groups excluding tert-OH is 4. The zero-order valence-electron chi connectivity index (χ0n) is 26.3. The molecule has 0 aromatic heterocycles. The predicted molar refractivity (Wildman–Crippen MR) is 158 cm³/mol. The number of nitrogens with one attached hydrogen (secondary N) is 1. The van der Waals surface area contributed by atoms with Crippen molar-refractivity contribution in [3.05, 3.63) is 0 Å². The highest BCUT2D eigenvalue weighted by atomic mass is 32.3. The molecule has 324 valence electrons. The summed E-state index contributed by atoms with van der Waals surface area (Å²) in [5.41, 5.74) is 5.81. The van der Waals surface area contributed by atoms with Gasteiger partial charge < -0.3 is 55.0 Å². The van der Waals surface area contributed by atoms with Crippen molar-refractivity contribution in [2.75, 3.05) is 13.2 Å².